The minimum absolute atomic E-state index is 0.0166. The largest absolute Gasteiger partial charge is 0.461 e. The monoisotopic (exact) mass is 310 g/mol. The average molecular weight is 310 g/mol. The normalized spacial score (nSPS) is 12.5. The van der Waals surface area contributed by atoms with Gasteiger partial charge in [0.1, 0.15) is 12.7 Å². The molecule has 0 fully saturated rings. The highest BCUT2D eigenvalue weighted by Crippen LogP contribution is 1.92. The van der Waals surface area contributed by atoms with Crippen LogP contribution in [-0.2, 0) is 33.6 Å². The number of ether oxygens (including phenoxy) is 3. The molecule has 0 radical (unpaired) electrons. The van der Waals surface area contributed by atoms with Crippen LogP contribution in [0, 0.1) is 0 Å². The van der Waals surface area contributed by atoms with E-state index in [1.54, 1.807) is 0 Å². The molecule has 0 aromatic heterocycles. The van der Waals surface area contributed by atoms with Crippen molar-refractivity contribution in [2.45, 2.75) is 13.0 Å². The molecule has 0 heterocycles. The highest BCUT2D eigenvalue weighted by Gasteiger charge is 2.13. The van der Waals surface area contributed by atoms with Crippen LogP contribution in [0.1, 0.15) is 6.92 Å². The molecule has 0 aliphatic heterocycles. The van der Waals surface area contributed by atoms with Gasteiger partial charge in [0.25, 0.3) is 0 Å². The molecule has 0 amide bonds. The molecule has 0 rings (SSSR count). The highest BCUT2D eigenvalue weighted by atomic mass is 32.2. The van der Waals surface area contributed by atoms with E-state index in [0.717, 1.165) is 5.41 Å². The van der Waals surface area contributed by atoms with Gasteiger partial charge in [-0.2, -0.15) is 0 Å². The van der Waals surface area contributed by atoms with Crippen molar-refractivity contribution in [3.05, 3.63) is 12.0 Å². The van der Waals surface area contributed by atoms with Crippen LogP contribution >= 0.6 is 0 Å². The molecule has 0 aromatic carbocycles. The third kappa shape index (κ3) is 9.48. The second kappa shape index (κ2) is 9.45. The lowest BCUT2D eigenvalue weighted by Crippen LogP contribution is -2.24. The molecule has 8 nitrogen and oxygen atoms in total. The molecule has 0 bridgehead atoms. The molecule has 0 spiro atoms. The van der Waals surface area contributed by atoms with Crippen LogP contribution < -0.4 is 0 Å². The van der Waals surface area contributed by atoms with Gasteiger partial charge >= 0.3 is 11.9 Å². The fourth-order valence-electron chi connectivity index (χ4n) is 0.867. The molecule has 1 unspecified atom stereocenters. The Morgan fingerprint density at radius 3 is 2.45 bits per heavy atom. The number of aliphatic hydroxyl groups excluding tert-OH is 1. The predicted molar refractivity (Wildman–Crippen MR) is 68.4 cm³/mol. The SMILES string of the molecule is C=CS(=O)(=O)CCOCCOC(=O)COC(=O)C(C)O. The summed E-state index contributed by atoms with van der Waals surface area (Å²) in [5, 5.41) is 9.63. The van der Waals surface area contributed by atoms with Crippen LogP contribution in [0.3, 0.4) is 0 Å². The Labute approximate surface area is 117 Å². The molecule has 116 valence electrons. The molecule has 0 aliphatic carbocycles. The number of carbonyl (C=O) groups excluding carboxylic acids is 2. The van der Waals surface area contributed by atoms with E-state index < -0.39 is 34.5 Å². The lowest BCUT2D eigenvalue weighted by atomic mass is 10.4. The standard InChI is InChI=1S/C11H18O8S/c1-3-20(15,16)7-6-17-4-5-18-10(13)8-19-11(14)9(2)12/h3,9,12H,1,4-8H2,2H3. The predicted octanol–water partition coefficient (Wildman–Crippen LogP) is -0.971. The van der Waals surface area contributed by atoms with Gasteiger partial charge in [0, 0.05) is 5.41 Å². The van der Waals surface area contributed by atoms with E-state index in [-0.39, 0.29) is 25.6 Å². The van der Waals surface area contributed by atoms with E-state index in [9.17, 15) is 18.0 Å². The van der Waals surface area contributed by atoms with Gasteiger partial charge in [-0.3, -0.25) is 0 Å². The average Bonchev–Trinajstić information content (AvgIpc) is 2.39. The van der Waals surface area contributed by atoms with Crippen LogP contribution in [0.25, 0.3) is 0 Å². The summed E-state index contributed by atoms with van der Waals surface area (Å²) in [7, 11) is -3.30. The van der Waals surface area contributed by atoms with Gasteiger partial charge < -0.3 is 19.3 Å². The summed E-state index contributed by atoms with van der Waals surface area (Å²) in [6.45, 7) is 3.63. The molecule has 0 saturated heterocycles. The Morgan fingerprint density at radius 2 is 1.90 bits per heavy atom. The summed E-state index contributed by atoms with van der Waals surface area (Å²) in [4.78, 5) is 21.9. The van der Waals surface area contributed by atoms with E-state index >= 15 is 0 Å². The van der Waals surface area contributed by atoms with Crippen LogP contribution in [-0.4, -0.2) is 63.7 Å². The number of carbonyl (C=O) groups is 2. The third-order valence-electron chi connectivity index (χ3n) is 1.93. The zero-order valence-electron chi connectivity index (χ0n) is 11.1. The van der Waals surface area contributed by atoms with Gasteiger partial charge in [-0.15, -0.1) is 0 Å². The lowest BCUT2D eigenvalue weighted by Gasteiger charge is -2.07. The Bertz CT molecular complexity index is 426. The van der Waals surface area contributed by atoms with Crippen LogP contribution in [0.2, 0.25) is 0 Å². The molecule has 9 heteroatoms. The van der Waals surface area contributed by atoms with E-state index in [1.807, 2.05) is 0 Å². The van der Waals surface area contributed by atoms with Crippen LogP contribution in [0.5, 0.6) is 0 Å². The first-order valence-corrected chi connectivity index (χ1v) is 7.43. The molecular formula is C11H18O8S. The van der Waals surface area contributed by atoms with Gasteiger partial charge in [0.15, 0.2) is 16.4 Å². The van der Waals surface area contributed by atoms with E-state index in [4.69, 9.17) is 9.84 Å². The summed E-state index contributed by atoms with van der Waals surface area (Å²) in [5.74, 6) is -1.91. The molecule has 0 aliphatic rings. The highest BCUT2D eigenvalue weighted by molar-refractivity contribution is 7.94. The second-order valence-corrected chi connectivity index (χ2v) is 5.72. The first-order valence-electron chi connectivity index (χ1n) is 5.71. The van der Waals surface area contributed by atoms with Crippen molar-refractivity contribution >= 4 is 21.8 Å². The van der Waals surface area contributed by atoms with Crippen molar-refractivity contribution < 1.29 is 37.3 Å². The fraction of sp³-hybridized carbons (Fsp3) is 0.636. The molecule has 1 N–H and O–H groups in total. The number of hydrogen-bond acceptors (Lipinski definition) is 8. The summed E-state index contributed by atoms with van der Waals surface area (Å²) >= 11 is 0. The van der Waals surface area contributed by atoms with E-state index in [0.29, 0.717) is 0 Å². The molecule has 1 atom stereocenters. The third-order valence-corrected chi connectivity index (χ3v) is 3.17. The van der Waals surface area contributed by atoms with Crippen molar-refractivity contribution in [3.8, 4) is 0 Å². The van der Waals surface area contributed by atoms with Crippen molar-refractivity contribution in [2.24, 2.45) is 0 Å². The summed E-state index contributed by atoms with van der Waals surface area (Å²) in [5.41, 5.74) is 0. The van der Waals surface area contributed by atoms with Crippen molar-refractivity contribution in [3.63, 3.8) is 0 Å². The summed E-state index contributed by atoms with van der Waals surface area (Å²) < 4.78 is 36.0. The minimum Gasteiger partial charge on any atom is -0.461 e. The maximum Gasteiger partial charge on any atom is 0.344 e. The van der Waals surface area contributed by atoms with Crippen molar-refractivity contribution in [1.82, 2.24) is 0 Å². The topological polar surface area (TPSA) is 116 Å². The second-order valence-electron chi connectivity index (χ2n) is 3.65. The Balaban J connectivity index is 3.58. The van der Waals surface area contributed by atoms with Crippen molar-refractivity contribution in [2.75, 3.05) is 32.2 Å². The zero-order valence-corrected chi connectivity index (χ0v) is 11.9. The summed E-state index contributed by atoms with van der Waals surface area (Å²) in [6.07, 6.45) is -1.31. The first-order chi connectivity index (χ1) is 9.28. The number of rotatable bonds is 10. The molecule has 0 saturated carbocycles. The number of hydrogen-bond donors (Lipinski definition) is 1. The number of esters is 2. The molecule has 0 aromatic rings. The molecule has 20 heavy (non-hydrogen) atoms. The van der Waals surface area contributed by atoms with Gasteiger partial charge in [0.05, 0.1) is 19.0 Å². The first kappa shape index (κ1) is 18.6. The minimum atomic E-state index is -3.30. The Kier molecular flexibility index (Phi) is 8.77. The molecular weight excluding hydrogens is 292 g/mol. The zero-order chi connectivity index (χ0) is 15.6. The van der Waals surface area contributed by atoms with Gasteiger partial charge in [-0.1, -0.05) is 6.58 Å². The van der Waals surface area contributed by atoms with Crippen LogP contribution in [0.15, 0.2) is 12.0 Å². The van der Waals surface area contributed by atoms with Gasteiger partial charge in [0.2, 0.25) is 0 Å². The van der Waals surface area contributed by atoms with Gasteiger partial charge in [-0.25, -0.2) is 18.0 Å². The maximum atomic E-state index is 11.1. The Hall–Kier alpha value is -1.45. The van der Waals surface area contributed by atoms with E-state index in [1.165, 1.54) is 6.92 Å². The maximum absolute atomic E-state index is 11.1. The smallest absolute Gasteiger partial charge is 0.344 e. The number of aliphatic hydroxyl groups is 1. The quantitative estimate of drug-likeness (QED) is 0.404. The summed E-state index contributed by atoms with van der Waals surface area (Å²) in [6, 6.07) is 0. The lowest BCUT2D eigenvalue weighted by molar-refractivity contribution is -0.164. The fourth-order valence-corrected chi connectivity index (χ4v) is 1.38. The number of sulfone groups is 1. The Morgan fingerprint density at radius 1 is 1.25 bits per heavy atom. The van der Waals surface area contributed by atoms with Gasteiger partial charge in [-0.05, 0) is 6.92 Å². The van der Waals surface area contributed by atoms with E-state index in [2.05, 4.69) is 16.1 Å². The van der Waals surface area contributed by atoms with Crippen LogP contribution in [0.4, 0.5) is 0 Å². The van der Waals surface area contributed by atoms with Crippen molar-refractivity contribution in [1.29, 1.82) is 0 Å².